The Bertz CT molecular complexity index is 720. The molecule has 1 aromatic heterocycles. The Balaban J connectivity index is 2.02. The number of carboxylic acid groups (broad SMARTS) is 1. The summed E-state index contributed by atoms with van der Waals surface area (Å²) in [6.45, 7) is -0.321. The summed E-state index contributed by atoms with van der Waals surface area (Å²) in [5, 5.41) is 15.4. The molecular weight excluding hydrogens is 288 g/mol. The van der Waals surface area contributed by atoms with Crippen molar-refractivity contribution in [1.29, 1.82) is 0 Å². The fraction of sp³-hybridized carbons (Fsp3) is 0.286. The third-order valence-corrected chi connectivity index (χ3v) is 3.10. The molecule has 0 aliphatic carbocycles. The number of aryl methyl sites for hydroxylation is 1. The molecule has 0 aliphatic heterocycles. The van der Waals surface area contributed by atoms with Gasteiger partial charge < -0.3 is 10.4 Å². The number of nitrogens with zero attached hydrogens (tertiary/aromatic N) is 3. The van der Waals surface area contributed by atoms with Gasteiger partial charge in [0, 0.05) is 13.5 Å². The average Bonchev–Trinajstić information content (AvgIpc) is 2.79. The van der Waals surface area contributed by atoms with Crippen LogP contribution in [0, 0.1) is 0 Å². The summed E-state index contributed by atoms with van der Waals surface area (Å²) in [6.07, 6.45) is 1.45. The van der Waals surface area contributed by atoms with Crippen molar-refractivity contribution in [1.82, 2.24) is 19.7 Å². The number of hydrogen-bond acceptors (Lipinski definition) is 4. The lowest BCUT2D eigenvalue weighted by molar-refractivity contribution is -0.141. The number of aromatic nitrogens is 3. The van der Waals surface area contributed by atoms with Gasteiger partial charge in [0.25, 0.3) is 0 Å². The Labute approximate surface area is 126 Å². The molecule has 0 unspecified atom stereocenters. The first-order valence-corrected chi connectivity index (χ1v) is 6.62. The number of benzene rings is 1. The normalized spacial score (nSPS) is 11.9. The highest BCUT2D eigenvalue weighted by molar-refractivity contribution is 5.83. The smallest absolute Gasteiger partial charge is 0.345 e. The average molecular weight is 304 g/mol. The van der Waals surface area contributed by atoms with E-state index in [4.69, 9.17) is 0 Å². The summed E-state index contributed by atoms with van der Waals surface area (Å²) in [4.78, 5) is 34.7. The van der Waals surface area contributed by atoms with E-state index in [-0.39, 0.29) is 13.0 Å². The SMILES string of the molecule is Cn1cnn(CC(=O)N[C@H](Cc2ccccc2)C(=O)O)c1=O. The molecule has 22 heavy (non-hydrogen) atoms. The first kappa shape index (κ1) is 15.5. The van der Waals surface area contributed by atoms with Gasteiger partial charge in [0.15, 0.2) is 0 Å². The molecule has 1 amide bonds. The quantitative estimate of drug-likeness (QED) is 0.741. The number of carbonyl (C=O) groups excluding carboxylic acids is 1. The summed E-state index contributed by atoms with van der Waals surface area (Å²) in [6, 6.07) is 7.92. The van der Waals surface area contributed by atoms with Gasteiger partial charge in [-0.1, -0.05) is 30.3 Å². The zero-order valence-corrected chi connectivity index (χ0v) is 12.0. The molecule has 2 aromatic rings. The topological polar surface area (TPSA) is 106 Å². The molecule has 8 heteroatoms. The van der Waals surface area contributed by atoms with Gasteiger partial charge in [-0.15, -0.1) is 0 Å². The van der Waals surface area contributed by atoms with Crippen molar-refractivity contribution in [2.75, 3.05) is 0 Å². The van der Waals surface area contributed by atoms with E-state index in [0.29, 0.717) is 0 Å². The monoisotopic (exact) mass is 304 g/mol. The number of rotatable bonds is 6. The molecule has 0 spiro atoms. The number of aliphatic carboxylic acids is 1. The Morgan fingerprint density at radius 2 is 2.00 bits per heavy atom. The van der Waals surface area contributed by atoms with Crippen molar-refractivity contribution in [3.8, 4) is 0 Å². The Morgan fingerprint density at radius 3 is 2.55 bits per heavy atom. The third kappa shape index (κ3) is 3.81. The van der Waals surface area contributed by atoms with E-state index in [9.17, 15) is 19.5 Å². The second kappa shape index (κ2) is 6.70. The number of amides is 1. The van der Waals surface area contributed by atoms with Gasteiger partial charge in [-0.2, -0.15) is 5.10 Å². The highest BCUT2D eigenvalue weighted by Crippen LogP contribution is 2.03. The van der Waals surface area contributed by atoms with Crippen molar-refractivity contribution in [2.24, 2.45) is 7.05 Å². The van der Waals surface area contributed by atoms with E-state index in [2.05, 4.69) is 10.4 Å². The largest absolute Gasteiger partial charge is 0.480 e. The minimum Gasteiger partial charge on any atom is -0.480 e. The predicted octanol–water partition coefficient (Wildman–Crippen LogP) is -0.606. The minimum atomic E-state index is -1.13. The predicted molar refractivity (Wildman–Crippen MR) is 77.2 cm³/mol. The van der Waals surface area contributed by atoms with Gasteiger partial charge >= 0.3 is 11.7 Å². The van der Waals surface area contributed by atoms with Crippen LogP contribution in [-0.2, 0) is 29.6 Å². The highest BCUT2D eigenvalue weighted by atomic mass is 16.4. The molecular formula is C14H16N4O4. The molecule has 116 valence electrons. The lowest BCUT2D eigenvalue weighted by atomic mass is 10.1. The number of carbonyl (C=O) groups is 2. The van der Waals surface area contributed by atoms with Crippen molar-refractivity contribution in [3.63, 3.8) is 0 Å². The van der Waals surface area contributed by atoms with Crippen molar-refractivity contribution < 1.29 is 14.7 Å². The van der Waals surface area contributed by atoms with Crippen LogP contribution in [0.3, 0.4) is 0 Å². The first-order chi connectivity index (χ1) is 10.5. The highest BCUT2D eigenvalue weighted by Gasteiger charge is 2.21. The van der Waals surface area contributed by atoms with Gasteiger partial charge in [0.1, 0.15) is 18.9 Å². The second-order valence-electron chi connectivity index (χ2n) is 4.83. The van der Waals surface area contributed by atoms with Crippen LogP contribution in [0.1, 0.15) is 5.56 Å². The van der Waals surface area contributed by atoms with Gasteiger partial charge in [0.2, 0.25) is 5.91 Å². The molecule has 0 bridgehead atoms. The molecule has 1 heterocycles. The van der Waals surface area contributed by atoms with Gasteiger partial charge in [-0.3, -0.25) is 9.36 Å². The van der Waals surface area contributed by atoms with Crippen LogP contribution in [0.15, 0.2) is 41.5 Å². The molecule has 0 saturated carbocycles. The Morgan fingerprint density at radius 1 is 1.32 bits per heavy atom. The Hall–Kier alpha value is -2.90. The van der Waals surface area contributed by atoms with Gasteiger partial charge in [-0.05, 0) is 5.56 Å². The maximum atomic E-state index is 11.9. The molecule has 2 rings (SSSR count). The fourth-order valence-corrected chi connectivity index (χ4v) is 1.95. The number of nitrogens with one attached hydrogen (secondary N) is 1. The van der Waals surface area contributed by atoms with Crippen molar-refractivity contribution in [3.05, 3.63) is 52.7 Å². The molecule has 1 atom stereocenters. The molecule has 0 fully saturated rings. The summed E-state index contributed by atoms with van der Waals surface area (Å²) >= 11 is 0. The lowest BCUT2D eigenvalue weighted by Gasteiger charge is -2.14. The van der Waals surface area contributed by atoms with E-state index in [1.54, 1.807) is 24.3 Å². The minimum absolute atomic E-state index is 0.166. The van der Waals surface area contributed by atoms with Crippen LogP contribution in [0.25, 0.3) is 0 Å². The first-order valence-electron chi connectivity index (χ1n) is 6.62. The molecule has 8 nitrogen and oxygen atoms in total. The number of hydrogen-bond donors (Lipinski definition) is 2. The summed E-state index contributed by atoms with van der Waals surface area (Å²) in [7, 11) is 1.51. The van der Waals surface area contributed by atoms with Crippen LogP contribution >= 0.6 is 0 Å². The van der Waals surface area contributed by atoms with E-state index in [1.807, 2.05) is 6.07 Å². The molecule has 1 aromatic carbocycles. The van der Waals surface area contributed by atoms with E-state index in [0.717, 1.165) is 10.2 Å². The Kier molecular flexibility index (Phi) is 4.72. The van der Waals surface area contributed by atoms with Crippen LogP contribution in [0.5, 0.6) is 0 Å². The lowest BCUT2D eigenvalue weighted by Crippen LogP contribution is -2.44. The summed E-state index contributed by atoms with van der Waals surface area (Å²) in [5.74, 6) is -1.71. The summed E-state index contributed by atoms with van der Waals surface area (Å²) < 4.78 is 2.20. The maximum Gasteiger partial charge on any atom is 0.345 e. The number of carboxylic acids is 1. The van der Waals surface area contributed by atoms with Crippen LogP contribution < -0.4 is 11.0 Å². The van der Waals surface area contributed by atoms with Crippen LogP contribution in [0.2, 0.25) is 0 Å². The van der Waals surface area contributed by atoms with Gasteiger partial charge in [-0.25, -0.2) is 14.3 Å². The molecule has 0 radical (unpaired) electrons. The van der Waals surface area contributed by atoms with Crippen molar-refractivity contribution in [2.45, 2.75) is 19.0 Å². The van der Waals surface area contributed by atoms with Crippen molar-refractivity contribution >= 4 is 11.9 Å². The second-order valence-corrected chi connectivity index (χ2v) is 4.83. The van der Waals surface area contributed by atoms with Crippen LogP contribution in [0.4, 0.5) is 0 Å². The van der Waals surface area contributed by atoms with E-state index < -0.39 is 23.6 Å². The van der Waals surface area contributed by atoms with E-state index >= 15 is 0 Å². The molecule has 0 aliphatic rings. The molecule has 0 saturated heterocycles. The standard InChI is InChI=1S/C14H16N4O4/c1-17-9-15-18(14(17)22)8-12(19)16-11(13(20)21)7-10-5-3-2-4-6-10/h2-6,9,11H,7-8H2,1H3,(H,16,19)(H,20,21)/t11-/m1/s1. The molecule has 2 N–H and O–H groups in total. The van der Waals surface area contributed by atoms with E-state index in [1.165, 1.54) is 17.9 Å². The zero-order valence-electron chi connectivity index (χ0n) is 12.0. The summed E-state index contributed by atoms with van der Waals surface area (Å²) in [5.41, 5.74) is 0.357. The van der Waals surface area contributed by atoms with Crippen LogP contribution in [-0.4, -0.2) is 37.4 Å². The maximum absolute atomic E-state index is 11.9. The zero-order chi connectivity index (χ0) is 16.1. The third-order valence-electron chi connectivity index (χ3n) is 3.10. The van der Waals surface area contributed by atoms with Gasteiger partial charge in [0.05, 0.1) is 0 Å². The fourth-order valence-electron chi connectivity index (χ4n) is 1.95.